The molecule has 0 bridgehead atoms. The average Bonchev–Trinajstić information content (AvgIpc) is 2.91. The molecule has 1 aliphatic heterocycles. The van der Waals surface area contributed by atoms with E-state index in [1.54, 1.807) is 20.8 Å². The molecule has 1 saturated heterocycles. The molecule has 2 unspecified atom stereocenters. The van der Waals surface area contributed by atoms with E-state index in [0.29, 0.717) is 13.0 Å². The fourth-order valence-electron chi connectivity index (χ4n) is 1.46. The molecule has 0 aliphatic carbocycles. The molecule has 0 aromatic heterocycles. The molecule has 104 valence electrons. The summed E-state index contributed by atoms with van der Waals surface area (Å²) in [6.45, 7) is 7.72. The maximum atomic E-state index is 11.6. The van der Waals surface area contributed by atoms with Crippen molar-refractivity contribution in [1.82, 2.24) is 5.32 Å². The summed E-state index contributed by atoms with van der Waals surface area (Å²) in [7, 11) is 1.28. The van der Waals surface area contributed by atoms with E-state index in [1.165, 1.54) is 7.11 Å². The zero-order valence-corrected chi connectivity index (χ0v) is 11.5. The predicted octanol–water partition coefficient (Wildman–Crippen LogP) is 1.23. The fourth-order valence-corrected chi connectivity index (χ4v) is 1.46. The van der Waals surface area contributed by atoms with Crippen LogP contribution in [0, 0.1) is 0 Å². The van der Waals surface area contributed by atoms with Crippen molar-refractivity contribution in [2.45, 2.75) is 51.4 Å². The molecule has 1 fully saturated rings. The van der Waals surface area contributed by atoms with Crippen LogP contribution < -0.4 is 5.32 Å². The number of hydrogen-bond acceptors (Lipinski definition) is 5. The molecule has 0 aromatic carbocycles. The zero-order valence-electron chi connectivity index (χ0n) is 11.5. The summed E-state index contributed by atoms with van der Waals surface area (Å²) in [5.74, 6) is -0.502. The fraction of sp³-hybridized carbons (Fsp3) is 0.833. The summed E-state index contributed by atoms with van der Waals surface area (Å²) in [5.41, 5.74) is -0.960. The molecule has 0 saturated carbocycles. The number of methoxy groups -OCH3 is 1. The molecule has 0 aromatic rings. The maximum absolute atomic E-state index is 11.6. The van der Waals surface area contributed by atoms with Crippen LogP contribution in [0.3, 0.4) is 0 Å². The lowest BCUT2D eigenvalue weighted by atomic mass is 10.0. The van der Waals surface area contributed by atoms with E-state index in [2.05, 4.69) is 10.1 Å². The lowest BCUT2D eigenvalue weighted by Gasteiger charge is -2.23. The minimum Gasteiger partial charge on any atom is -0.467 e. The Morgan fingerprint density at radius 2 is 2.00 bits per heavy atom. The van der Waals surface area contributed by atoms with Gasteiger partial charge in [0.25, 0.3) is 0 Å². The Balaban J connectivity index is 2.55. The molecular formula is C12H21NO5. The van der Waals surface area contributed by atoms with Crippen molar-refractivity contribution in [3.63, 3.8) is 0 Å². The first-order chi connectivity index (χ1) is 8.15. The van der Waals surface area contributed by atoms with E-state index >= 15 is 0 Å². The van der Waals surface area contributed by atoms with E-state index in [4.69, 9.17) is 9.47 Å². The van der Waals surface area contributed by atoms with Crippen LogP contribution in [0.4, 0.5) is 4.79 Å². The van der Waals surface area contributed by atoms with Gasteiger partial charge in [0.2, 0.25) is 0 Å². The molecular weight excluding hydrogens is 238 g/mol. The highest BCUT2D eigenvalue weighted by molar-refractivity contribution is 5.81. The standard InChI is InChI=1S/C12H21NO5/c1-11(2,3)18-10(15)13-8(9(14)16-5)6-12(4)7-17-12/h8H,6-7H2,1-5H3,(H,13,15). The number of rotatable bonds is 4. The highest BCUT2D eigenvalue weighted by Gasteiger charge is 2.44. The second-order valence-corrected chi connectivity index (χ2v) is 5.66. The Kier molecular flexibility index (Phi) is 4.21. The van der Waals surface area contributed by atoms with Gasteiger partial charge in [-0.05, 0) is 27.7 Å². The Morgan fingerprint density at radius 3 is 2.39 bits per heavy atom. The average molecular weight is 259 g/mol. The van der Waals surface area contributed by atoms with Gasteiger partial charge in [0.05, 0.1) is 19.3 Å². The van der Waals surface area contributed by atoms with Crippen molar-refractivity contribution in [2.24, 2.45) is 0 Å². The number of epoxide rings is 1. The van der Waals surface area contributed by atoms with Gasteiger partial charge < -0.3 is 19.5 Å². The number of esters is 1. The first-order valence-corrected chi connectivity index (χ1v) is 5.86. The second-order valence-electron chi connectivity index (χ2n) is 5.66. The van der Waals surface area contributed by atoms with Crippen LogP contribution in [0.25, 0.3) is 0 Å². The normalized spacial score (nSPS) is 24.1. The largest absolute Gasteiger partial charge is 0.467 e. The van der Waals surface area contributed by atoms with Gasteiger partial charge in [0, 0.05) is 6.42 Å². The van der Waals surface area contributed by atoms with Gasteiger partial charge in [-0.3, -0.25) is 0 Å². The zero-order chi connectivity index (χ0) is 14.0. The topological polar surface area (TPSA) is 77.2 Å². The van der Waals surface area contributed by atoms with Crippen molar-refractivity contribution in [3.05, 3.63) is 0 Å². The summed E-state index contributed by atoms with van der Waals surface area (Å²) < 4.78 is 15.0. The monoisotopic (exact) mass is 259 g/mol. The summed E-state index contributed by atoms with van der Waals surface area (Å²) in [6.07, 6.45) is -0.263. The van der Waals surface area contributed by atoms with Crippen LogP contribution in [0.1, 0.15) is 34.1 Å². The van der Waals surface area contributed by atoms with Gasteiger partial charge in [-0.25, -0.2) is 9.59 Å². The van der Waals surface area contributed by atoms with Crippen molar-refractivity contribution in [2.75, 3.05) is 13.7 Å². The number of carbonyl (C=O) groups excluding carboxylic acids is 2. The third-order valence-electron chi connectivity index (χ3n) is 2.45. The molecule has 1 heterocycles. The first kappa shape index (κ1) is 14.8. The van der Waals surface area contributed by atoms with Crippen LogP contribution in [-0.4, -0.2) is 43.0 Å². The molecule has 1 N–H and O–H groups in total. The minimum atomic E-state index is -0.752. The van der Waals surface area contributed by atoms with Crippen molar-refractivity contribution < 1.29 is 23.8 Å². The summed E-state index contributed by atoms with van der Waals surface area (Å²) >= 11 is 0. The van der Waals surface area contributed by atoms with E-state index in [1.807, 2.05) is 6.92 Å². The van der Waals surface area contributed by atoms with Crippen LogP contribution in [0.15, 0.2) is 0 Å². The number of hydrogen-bond donors (Lipinski definition) is 1. The molecule has 6 heteroatoms. The smallest absolute Gasteiger partial charge is 0.408 e. The van der Waals surface area contributed by atoms with Gasteiger partial charge in [0.1, 0.15) is 11.6 Å². The van der Waals surface area contributed by atoms with E-state index in [9.17, 15) is 9.59 Å². The Bertz CT molecular complexity index is 330. The lowest BCUT2D eigenvalue weighted by molar-refractivity contribution is -0.143. The molecule has 1 aliphatic rings. The molecule has 18 heavy (non-hydrogen) atoms. The van der Waals surface area contributed by atoms with Gasteiger partial charge >= 0.3 is 12.1 Å². The molecule has 0 radical (unpaired) electrons. The van der Waals surface area contributed by atoms with Crippen LogP contribution in [-0.2, 0) is 19.0 Å². The Hall–Kier alpha value is -1.30. The third kappa shape index (κ3) is 4.91. The van der Waals surface area contributed by atoms with E-state index in [-0.39, 0.29) is 5.60 Å². The molecule has 1 amide bonds. The maximum Gasteiger partial charge on any atom is 0.408 e. The number of carbonyl (C=O) groups is 2. The molecule has 1 rings (SSSR count). The predicted molar refractivity (Wildman–Crippen MR) is 64.1 cm³/mol. The van der Waals surface area contributed by atoms with Crippen LogP contribution in [0.5, 0.6) is 0 Å². The summed E-state index contributed by atoms with van der Waals surface area (Å²) in [6, 6.07) is -0.752. The first-order valence-electron chi connectivity index (χ1n) is 5.86. The lowest BCUT2D eigenvalue weighted by Crippen LogP contribution is -2.45. The third-order valence-corrected chi connectivity index (χ3v) is 2.45. The van der Waals surface area contributed by atoms with E-state index in [0.717, 1.165) is 0 Å². The number of ether oxygens (including phenoxy) is 3. The quantitative estimate of drug-likeness (QED) is 0.607. The molecule has 6 nitrogen and oxygen atoms in total. The van der Waals surface area contributed by atoms with Crippen LogP contribution in [0.2, 0.25) is 0 Å². The Morgan fingerprint density at radius 1 is 1.44 bits per heavy atom. The van der Waals surface area contributed by atoms with Gasteiger partial charge in [-0.1, -0.05) is 0 Å². The minimum absolute atomic E-state index is 0.353. The SMILES string of the molecule is COC(=O)C(CC1(C)CO1)NC(=O)OC(C)(C)C. The van der Waals surface area contributed by atoms with Crippen molar-refractivity contribution in [1.29, 1.82) is 0 Å². The molecule has 0 spiro atoms. The summed E-state index contributed by atoms with van der Waals surface area (Å²) in [5, 5.41) is 2.51. The van der Waals surface area contributed by atoms with E-state index < -0.39 is 23.7 Å². The number of nitrogens with one attached hydrogen (secondary N) is 1. The van der Waals surface area contributed by atoms with Crippen LogP contribution >= 0.6 is 0 Å². The highest BCUT2D eigenvalue weighted by atomic mass is 16.6. The summed E-state index contributed by atoms with van der Waals surface area (Å²) in [4.78, 5) is 23.2. The van der Waals surface area contributed by atoms with Crippen molar-refractivity contribution in [3.8, 4) is 0 Å². The Labute approximate surface area is 107 Å². The van der Waals surface area contributed by atoms with Gasteiger partial charge in [-0.2, -0.15) is 0 Å². The highest BCUT2D eigenvalue weighted by Crippen LogP contribution is 2.31. The number of amides is 1. The second kappa shape index (κ2) is 5.14. The van der Waals surface area contributed by atoms with Gasteiger partial charge in [0.15, 0.2) is 0 Å². The molecule has 2 atom stereocenters. The van der Waals surface area contributed by atoms with Crippen molar-refractivity contribution >= 4 is 12.1 Å². The number of alkyl carbamates (subject to hydrolysis) is 1. The van der Waals surface area contributed by atoms with Gasteiger partial charge in [-0.15, -0.1) is 0 Å².